The quantitative estimate of drug-likeness (QED) is 0.851. The number of carbonyl (C=O) groups is 1. The molecular weight excluding hydrogens is 244 g/mol. The number of amides is 1. The van der Waals surface area contributed by atoms with Gasteiger partial charge >= 0.3 is 0 Å². The van der Waals surface area contributed by atoms with E-state index in [2.05, 4.69) is 20.3 Å². The maximum atomic E-state index is 11.8. The molecule has 1 heterocycles. The number of nitrogens with zero attached hydrogens (tertiary/aromatic N) is 2. The van der Waals surface area contributed by atoms with Gasteiger partial charge in [-0.2, -0.15) is 0 Å². The van der Waals surface area contributed by atoms with Gasteiger partial charge in [-0.3, -0.25) is 4.79 Å². The first-order valence-electron chi connectivity index (χ1n) is 4.74. The van der Waals surface area contributed by atoms with Gasteiger partial charge in [0.2, 0.25) is 11.5 Å². The van der Waals surface area contributed by atoms with Gasteiger partial charge in [0.05, 0.1) is 10.7 Å². The number of nitrogens with one attached hydrogen (secondary N) is 1. The Labute approximate surface area is 102 Å². The molecule has 0 spiro atoms. The van der Waals surface area contributed by atoms with E-state index in [0.29, 0.717) is 10.7 Å². The summed E-state index contributed by atoms with van der Waals surface area (Å²) in [7, 11) is 0. The lowest BCUT2D eigenvalue weighted by Crippen LogP contribution is -2.15. The van der Waals surface area contributed by atoms with Crippen LogP contribution < -0.4 is 11.1 Å². The summed E-state index contributed by atoms with van der Waals surface area (Å²) in [5.74, 6) is -0.577. The van der Waals surface area contributed by atoms with Gasteiger partial charge in [-0.25, -0.2) is 4.63 Å². The summed E-state index contributed by atoms with van der Waals surface area (Å²) in [6.07, 6.45) is 0. The molecule has 1 aromatic heterocycles. The average Bonchev–Trinajstić information content (AvgIpc) is 2.70. The van der Waals surface area contributed by atoms with Gasteiger partial charge in [0, 0.05) is 0 Å². The summed E-state index contributed by atoms with van der Waals surface area (Å²) in [4.78, 5) is 11.8. The van der Waals surface area contributed by atoms with Crippen molar-refractivity contribution in [3.63, 3.8) is 0 Å². The van der Waals surface area contributed by atoms with Crippen LogP contribution in [0.4, 0.5) is 11.5 Å². The molecule has 0 saturated carbocycles. The predicted molar refractivity (Wildman–Crippen MR) is 62.9 cm³/mol. The van der Waals surface area contributed by atoms with Crippen LogP contribution in [0.5, 0.6) is 0 Å². The first-order chi connectivity index (χ1) is 8.09. The van der Waals surface area contributed by atoms with Crippen molar-refractivity contribution in [2.75, 3.05) is 11.1 Å². The maximum absolute atomic E-state index is 11.8. The number of anilines is 2. The Morgan fingerprint density at radius 1 is 1.47 bits per heavy atom. The second-order valence-electron chi connectivity index (χ2n) is 3.38. The Kier molecular flexibility index (Phi) is 2.97. The van der Waals surface area contributed by atoms with Crippen molar-refractivity contribution < 1.29 is 9.42 Å². The SMILES string of the molecule is Cc1cccc(Cl)c1NC(=O)c1nonc1N. The number of nitrogens with two attached hydrogens (primary N) is 1. The van der Waals surface area contributed by atoms with Crippen LogP contribution in [0.1, 0.15) is 16.1 Å². The number of para-hydroxylation sites is 1. The molecule has 2 rings (SSSR count). The number of hydrogen-bond acceptors (Lipinski definition) is 5. The zero-order chi connectivity index (χ0) is 12.4. The number of nitrogen functional groups attached to an aromatic ring is 1. The molecule has 0 aliphatic heterocycles. The molecule has 1 amide bonds. The van der Waals surface area contributed by atoms with Gasteiger partial charge in [-0.05, 0) is 28.9 Å². The molecule has 88 valence electrons. The monoisotopic (exact) mass is 252 g/mol. The number of carbonyl (C=O) groups excluding carboxylic acids is 1. The lowest BCUT2D eigenvalue weighted by atomic mass is 10.2. The van der Waals surface area contributed by atoms with E-state index in [1.165, 1.54) is 0 Å². The average molecular weight is 253 g/mol. The first-order valence-corrected chi connectivity index (χ1v) is 5.12. The molecule has 2 aromatic rings. The van der Waals surface area contributed by atoms with E-state index >= 15 is 0 Å². The Morgan fingerprint density at radius 2 is 2.24 bits per heavy atom. The maximum Gasteiger partial charge on any atom is 0.281 e. The van der Waals surface area contributed by atoms with Crippen LogP contribution in [0.3, 0.4) is 0 Å². The molecule has 0 bridgehead atoms. The molecule has 0 aliphatic carbocycles. The van der Waals surface area contributed by atoms with E-state index in [0.717, 1.165) is 5.56 Å². The van der Waals surface area contributed by atoms with Gasteiger partial charge in [0.15, 0.2) is 0 Å². The summed E-state index contributed by atoms with van der Waals surface area (Å²) in [6, 6.07) is 5.29. The van der Waals surface area contributed by atoms with Crippen molar-refractivity contribution in [3.05, 3.63) is 34.5 Å². The summed E-state index contributed by atoms with van der Waals surface area (Å²) in [6.45, 7) is 1.83. The molecule has 17 heavy (non-hydrogen) atoms. The largest absolute Gasteiger partial charge is 0.379 e. The smallest absolute Gasteiger partial charge is 0.281 e. The van der Waals surface area contributed by atoms with Gasteiger partial charge in [0.1, 0.15) is 0 Å². The van der Waals surface area contributed by atoms with E-state index in [-0.39, 0.29) is 11.5 Å². The van der Waals surface area contributed by atoms with Crippen LogP contribution in [0.15, 0.2) is 22.8 Å². The van der Waals surface area contributed by atoms with Gasteiger partial charge < -0.3 is 11.1 Å². The highest BCUT2D eigenvalue weighted by Gasteiger charge is 2.17. The highest BCUT2D eigenvalue weighted by atomic mass is 35.5. The van der Waals surface area contributed by atoms with Crippen molar-refractivity contribution in [3.8, 4) is 0 Å². The third kappa shape index (κ3) is 2.21. The van der Waals surface area contributed by atoms with Gasteiger partial charge in [0.25, 0.3) is 5.91 Å². The molecule has 6 nitrogen and oxygen atoms in total. The van der Waals surface area contributed by atoms with Gasteiger partial charge in [-0.15, -0.1) is 0 Å². The van der Waals surface area contributed by atoms with Crippen molar-refractivity contribution in [2.45, 2.75) is 6.92 Å². The van der Waals surface area contributed by atoms with Crippen LogP contribution in [-0.2, 0) is 0 Å². The van der Waals surface area contributed by atoms with Crippen LogP contribution in [-0.4, -0.2) is 16.2 Å². The number of rotatable bonds is 2. The summed E-state index contributed by atoms with van der Waals surface area (Å²) in [5, 5.41) is 9.77. The minimum atomic E-state index is -0.514. The Bertz CT molecular complexity index is 547. The van der Waals surface area contributed by atoms with Crippen LogP contribution in [0, 0.1) is 6.92 Å². The van der Waals surface area contributed by atoms with Crippen molar-refractivity contribution in [1.29, 1.82) is 0 Å². The third-order valence-corrected chi connectivity index (χ3v) is 2.50. The van der Waals surface area contributed by atoms with E-state index in [9.17, 15) is 4.79 Å². The number of aromatic nitrogens is 2. The molecule has 3 N–H and O–H groups in total. The fourth-order valence-electron chi connectivity index (χ4n) is 1.32. The molecular formula is C10H9ClN4O2. The molecule has 0 atom stereocenters. The van der Waals surface area contributed by atoms with E-state index in [4.69, 9.17) is 17.3 Å². The van der Waals surface area contributed by atoms with E-state index in [1.807, 2.05) is 13.0 Å². The summed E-state index contributed by atoms with van der Waals surface area (Å²) < 4.78 is 4.35. The number of halogens is 1. The van der Waals surface area contributed by atoms with E-state index < -0.39 is 5.91 Å². The number of benzene rings is 1. The zero-order valence-electron chi connectivity index (χ0n) is 8.90. The summed E-state index contributed by atoms with van der Waals surface area (Å²) >= 11 is 5.97. The van der Waals surface area contributed by atoms with Crippen molar-refractivity contribution in [1.82, 2.24) is 10.3 Å². The highest BCUT2D eigenvalue weighted by molar-refractivity contribution is 6.34. The van der Waals surface area contributed by atoms with Gasteiger partial charge in [-0.1, -0.05) is 23.7 Å². The molecule has 0 radical (unpaired) electrons. The fourth-order valence-corrected chi connectivity index (χ4v) is 1.59. The second-order valence-corrected chi connectivity index (χ2v) is 3.79. The van der Waals surface area contributed by atoms with Crippen LogP contribution in [0.2, 0.25) is 5.02 Å². The van der Waals surface area contributed by atoms with Crippen molar-refractivity contribution >= 4 is 29.0 Å². The van der Waals surface area contributed by atoms with Crippen LogP contribution >= 0.6 is 11.6 Å². The molecule has 1 aromatic carbocycles. The van der Waals surface area contributed by atoms with Crippen LogP contribution in [0.25, 0.3) is 0 Å². The Balaban J connectivity index is 2.28. The predicted octanol–water partition coefficient (Wildman–Crippen LogP) is 1.87. The molecule has 0 aliphatic rings. The minimum absolute atomic E-state index is 0.0628. The highest BCUT2D eigenvalue weighted by Crippen LogP contribution is 2.25. The normalized spacial score (nSPS) is 10.2. The first kappa shape index (κ1) is 11.4. The topological polar surface area (TPSA) is 94.0 Å². The second kappa shape index (κ2) is 4.42. The lowest BCUT2D eigenvalue weighted by molar-refractivity contribution is 0.101. The molecule has 0 saturated heterocycles. The zero-order valence-corrected chi connectivity index (χ0v) is 9.65. The number of hydrogen-bond donors (Lipinski definition) is 2. The Morgan fingerprint density at radius 3 is 2.82 bits per heavy atom. The molecule has 7 heteroatoms. The minimum Gasteiger partial charge on any atom is -0.379 e. The lowest BCUT2D eigenvalue weighted by Gasteiger charge is -2.08. The fraction of sp³-hybridized carbons (Fsp3) is 0.100. The van der Waals surface area contributed by atoms with Crippen molar-refractivity contribution in [2.24, 2.45) is 0 Å². The molecule has 0 fully saturated rings. The standard InChI is InChI=1S/C10H9ClN4O2/c1-5-3-2-4-6(11)7(5)13-10(16)8-9(12)15-17-14-8/h2-4H,1H3,(H2,12,15)(H,13,16). The third-order valence-electron chi connectivity index (χ3n) is 2.19. The summed E-state index contributed by atoms with van der Waals surface area (Å²) in [5.41, 5.74) is 6.69. The number of aryl methyl sites for hydroxylation is 1. The molecule has 0 unspecified atom stereocenters. The van der Waals surface area contributed by atoms with E-state index in [1.54, 1.807) is 12.1 Å². The Hall–Kier alpha value is -2.08.